The minimum atomic E-state index is 0.0975. The maximum Gasteiger partial charge on any atom is 0.191 e. The zero-order valence-electron chi connectivity index (χ0n) is 17.1. The van der Waals surface area contributed by atoms with E-state index in [1.807, 2.05) is 0 Å². The van der Waals surface area contributed by atoms with Gasteiger partial charge in [0.15, 0.2) is 5.96 Å². The van der Waals surface area contributed by atoms with Crippen LogP contribution in [0.2, 0.25) is 0 Å². The maximum absolute atomic E-state index is 5.49. The summed E-state index contributed by atoms with van der Waals surface area (Å²) in [7, 11) is 1.69. The lowest BCUT2D eigenvalue weighted by Crippen LogP contribution is -2.51. The number of ether oxygens (including phenoxy) is 2. The molecule has 0 aromatic heterocycles. The van der Waals surface area contributed by atoms with E-state index in [0.29, 0.717) is 13.2 Å². The van der Waals surface area contributed by atoms with Crippen LogP contribution in [-0.2, 0) is 9.47 Å². The van der Waals surface area contributed by atoms with Gasteiger partial charge in [-0.15, -0.1) is 0 Å². The van der Waals surface area contributed by atoms with Crippen molar-refractivity contribution in [3.63, 3.8) is 0 Å². The zero-order chi connectivity index (χ0) is 18.5. The van der Waals surface area contributed by atoms with E-state index in [4.69, 9.17) is 14.5 Å². The van der Waals surface area contributed by atoms with Crippen LogP contribution in [0.3, 0.4) is 0 Å². The summed E-state index contributed by atoms with van der Waals surface area (Å²) >= 11 is 0. The minimum Gasteiger partial charge on any atom is -0.382 e. The van der Waals surface area contributed by atoms with Crippen molar-refractivity contribution >= 4 is 5.96 Å². The molecule has 1 atom stereocenters. The molecule has 0 amide bonds. The normalized spacial score (nSPS) is 19.9. The molecule has 1 aliphatic rings. The van der Waals surface area contributed by atoms with Crippen LogP contribution >= 0.6 is 0 Å². The van der Waals surface area contributed by atoms with Crippen LogP contribution in [0, 0.1) is 5.92 Å². The largest absolute Gasteiger partial charge is 0.382 e. The van der Waals surface area contributed by atoms with E-state index in [-0.39, 0.29) is 5.54 Å². The molecule has 0 aromatic rings. The van der Waals surface area contributed by atoms with Crippen LogP contribution in [0.15, 0.2) is 4.99 Å². The highest BCUT2D eigenvalue weighted by Gasteiger charge is 2.29. The molecular weight excluding hydrogens is 316 g/mol. The quantitative estimate of drug-likeness (QED) is 0.337. The Morgan fingerprint density at radius 1 is 1.24 bits per heavy atom. The van der Waals surface area contributed by atoms with Crippen molar-refractivity contribution in [2.75, 3.05) is 59.7 Å². The van der Waals surface area contributed by atoms with Gasteiger partial charge in [0, 0.05) is 38.9 Å². The topological polar surface area (TPSA) is 58.1 Å². The Balaban J connectivity index is 2.37. The predicted molar refractivity (Wildman–Crippen MR) is 105 cm³/mol. The van der Waals surface area contributed by atoms with Crippen molar-refractivity contribution in [3.05, 3.63) is 0 Å². The van der Waals surface area contributed by atoms with E-state index >= 15 is 0 Å². The number of rotatable bonds is 11. The Bertz CT molecular complexity index is 374. The average Bonchev–Trinajstić information content (AvgIpc) is 2.59. The number of aliphatic imine (C=N–C) groups is 1. The first kappa shape index (κ1) is 22.2. The molecule has 0 aliphatic carbocycles. The van der Waals surface area contributed by atoms with Gasteiger partial charge in [-0.25, -0.2) is 0 Å². The van der Waals surface area contributed by atoms with Gasteiger partial charge in [-0.1, -0.05) is 6.92 Å². The second kappa shape index (κ2) is 12.5. The number of nitrogens with zero attached hydrogens (tertiary/aromatic N) is 2. The molecule has 1 rings (SSSR count). The molecule has 0 spiro atoms. The molecule has 6 heteroatoms. The Kier molecular flexibility index (Phi) is 11.1. The number of hydrogen-bond donors (Lipinski definition) is 2. The highest BCUT2D eigenvalue weighted by atomic mass is 16.5. The van der Waals surface area contributed by atoms with Crippen LogP contribution in [0.1, 0.15) is 47.0 Å². The minimum absolute atomic E-state index is 0.0975. The number of hydrogen-bond acceptors (Lipinski definition) is 4. The van der Waals surface area contributed by atoms with E-state index in [9.17, 15) is 0 Å². The standard InChI is InChI=1S/C19H40N4O2/c1-6-20-18(21-10-8-12-25-14-13-24-5)22-16-19(3,4)23-11-7-9-17(2)15-23/h17H,6-16H2,1-5H3,(H2,20,21,22). The van der Waals surface area contributed by atoms with Crippen molar-refractivity contribution < 1.29 is 9.47 Å². The molecule has 1 fully saturated rings. The monoisotopic (exact) mass is 356 g/mol. The molecule has 1 unspecified atom stereocenters. The van der Waals surface area contributed by atoms with Gasteiger partial charge in [-0.05, 0) is 52.5 Å². The highest BCUT2D eigenvalue weighted by molar-refractivity contribution is 5.79. The Labute approximate surface area is 154 Å². The van der Waals surface area contributed by atoms with E-state index in [1.165, 1.54) is 25.9 Å². The summed E-state index contributed by atoms with van der Waals surface area (Å²) in [5.41, 5.74) is 0.0975. The molecule has 1 aliphatic heterocycles. The van der Waals surface area contributed by atoms with Crippen molar-refractivity contribution in [1.82, 2.24) is 15.5 Å². The second-order valence-electron chi connectivity index (χ2n) is 7.59. The van der Waals surface area contributed by atoms with Crippen molar-refractivity contribution in [3.8, 4) is 0 Å². The number of likely N-dealkylation sites (tertiary alicyclic amines) is 1. The van der Waals surface area contributed by atoms with E-state index in [1.54, 1.807) is 7.11 Å². The predicted octanol–water partition coefficient (Wildman–Crippen LogP) is 2.11. The molecule has 0 radical (unpaired) electrons. The number of piperidine rings is 1. The summed E-state index contributed by atoms with van der Waals surface area (Å²) in [6.45, 7) is 16.0. The molecule has 0 aromatic carbocycles. The molecule has 0 saturated carbocycles. The Morgan fingerprint density at radius 3 is 2.72 bits per heavy atom. The smallest absolute Gasteiger partial charge is 0.191 e. The fourth-order valence-corrected chi connectivity index (χ4v) is 3.08. The van der Waals surface area contributed by atoms with Crippen LogP contribution < -0.4 is 10.6 Å². The summed E-state index contributed by atoms with van der Waals surface area (Å²) in [6, 6.07) is 0. The first-order valence-corrected chi connectivity index (χ1v) is 9.83. The third kappa shape index (κ3) is 9.42. The summed E-state index contributed by atoms with van der Waals surface area (Å²) in [4.78, 5) is 7.42. The van der Waals surface area contributed by atoms with Gasteiger partial charge in [-0.2, -0.15) is 0 Å². The first-order valence-electron chi connectivity index (χ1n) is 9.83. The van der Waals surface area contributed by atoms with Gasteiger partial charge in [0.05, 0.1) is 19.8 Å². The van der Waals surface area contributed by atoms with Crippen molar-refractivity contribution in [1.29, 1.82) is 0 Å². The maximum atomic E-state index is 5.49. The Morgan fingerprint density at radius 2 is 2.04 bits per heavy atom. The van der Waals surface area contributed by atoms with Gasteiger partial charge in [0.25, 0.3) is 0 Å². The molecule has 25 heavy (non-hydrogen) atoms. The van der Waals surface area contributed by atoms with Crippen molar-refractivity contribution in [2.24, 2.45) is 10.9 Å². The van der Waals surface area contributed by atoms with Crippen LogP contribution in [0.25, 0.3) is 0 Å². The number of nitrogens with one attached hydrogen (secondary N) is 2. The summed E-state index contributed by atoms with van der Waals surface area (Å²) in [5.74, 6) is 1.69. The van der Waals surface area contributed by atoms with Gasteiger partial charge in [-0.3, -0.25) is 9.89 Å². The lowest BCUT2D eigenvalue weighted by atomic mass is 9.94. The second-order valence-corrected chi connectivity index (χ2v) is 7.59. The van der Waals surface area contributed by atoms with Gasteiger partial charge in [0.2, 0.25) is 0 Å². The van der Waals surface area contributed by atoms with E-state index < -0.39 is 0 Å². The average molecular weight is 357 g/mol. The molecule has 6 nitrogen and oxygen atoms in total. The molecule has 148 valence electrons. The van der Waals surface area contributed by atoms with Crippen molar-refractivity contribution in [2.45, 2.75) is 52.5 Å². The molecule has 1 saturated heterocycles. The first-order chi connectivity index (χ1) is 12.0. The molecule has 0 bridgehead atoms. The number of methoxy groups -OCH3 is 1. The van der Waals surface area contributed by atoms with Crippen LogP contribution in [-0.4, -0.2) is 76.1 Å². The van der Waals surface area contributed by atoms with Gasteiger partial charge in [0.1, 0.15) is 0 Å². The fourth-order valence-electron chi connectivity index (χ4n) is 3.08. The summed E-state index contributed by atoms with van der Waals surface area (Å²) in [6.07, 6.45) is 3.61. The fraction of sp³-hybridized carbons (Fsp3) is 0.947. The lowest BCUT2D eigenvalue weighted by molar-refractivity contribution is 0.0698. The zero-order valence-corrected chi connectivity index (χ0v) is 17.1. The molecule has 2 N–H and O–H groups in total. The summed E-state index contributed by atoms with van der Waals surface area (Å²) in [5, 5.41) is 6.74. The third-order valence-corrected chi connectivity index (χ3v) is 4.67. The third-order valence-electron chi connectivity index (χ3n) is 4.67. The van der Waals surface area contributed by atoms with Crippen LogP contribution in [0.5, 0.6) is 0 Å². The SMILES string of the molecule is CCNC(=NCC(C)(C)N1CCCC(C)C1)NCCCOCCOC. The van der Waals surface area contributed by atoms with Crippen LogP contribution in [0.4, 0.5) is 0 Å². The van der Waals surface area contributed by atoms with Gasteiger partial charge < -0.3 is 20.1 Å². The van der Waals surface area contributed by atoms with E-state index in [0.717, 1.165) is 44.5 Å². The van der Waals surface area contributed by atoms with E-state index in [2.05, 4.69) is 43.2 Å². The number of guanidine groups is 1. The van der Waals surface area contributed by atoms with Gasteiger partial charge >= 0.3 is 0 Å². The highest BCUT2D eigenvalue weighted by Crippen LogP contribution is 2.23. The Hall–Kier alpha value is -0.850. The lowest BCUT2D eigenvalue weighted by Gasteiger charge is -2.42. The molecule has 1 heterocycles. The molecular formula is C19H40N4O2. The summed E-state index contributed by atoms with van der Waals surface area (Å²) < 4.78 is 10.5.